The second-order valence-electron chi connectivity index (χ2n) is 5.73. The number of halogens is 1. The van der Waals surface area contributed by atoms with Crippen LogP contribution in [-0.4, -0.2) is 36.1 Å². The summed E-state index contributed by atoms with van der Waals surface area (Å²) >= 11 is 0. The van der Waals surface area contributed by atoms with Gasteiger partial charge in [-0.25, -0.2) is 9.37 Å². The van der Waals surface area contributed by atoms with Crippen LogP contribution in [-0.2, 0) is 6.54 Å². The zero-order chi connectivity index (χ0) is 16.1. The average Bonchev–Trinajstić information content (AvgIpc) is 2.80. The summed E-state index contributed by atoms with van der Waals surface area (Å²) in [5, 5.41) is 9.23. The van der Waals surface area contributed by atoms with Crippen LogP contribution in [0.3, 0.4) is 0 Å². The Hall–Kier alpha value is -2.45. The van der Waals surface area contributed by atoms with Crippen LogP contribution >= 0.6 is 0 Å². The van der Waals surface area contributed by atoms with Crippen LogP contribution in [0.1, 0.15) is 17.5 Å². The van der Waals surface area contributed by atoms with Gasteiger partial charge in [0.2, 0.25) is 0 Å². The molecule has 1 aliphatic heterocycles. The Morgan fingerprint density at radius 3 is 2.87 bits per heavy atom. The van der Waals surface area contributed by atoms with Gasteiger partial charge >= 0.3 is 0 Å². The highest BCUT2D eigenvalue weighted by Crippen LogP contribution is 2.19. The zero-order valence-electron chi connectivity index (χ0n) is 13.0. The molecule has 0 atom stereocenters. The van der Waals surface area contributed by atoms with Crippen molar-refractivity contribution in [1.82, 2.24) is 9.88 Å². The molecule has 3 rings (SSSR count). The molecule has 4 nitrogen and oxygen atoms in total. The molecule has 0 spiro atoms. The van der Waals surface area contributed by atoms with Gasteiger partial charge in [-0.3, -0.25) is 4.90 Å². The third-order valence-corrected chi connectivity index (χ3v) is 4.09. The van der Waals surface area contributed by atoms with E-state index in [1.165, 1.54) is 6.07 Å². The van der Waals surface area contributed by atoms with Crippen molar-refractivity contribution in [3.8, 4) is 6.07 Å². The largest absolute Gasteiger partial charge is 0.354 e. The maximum atomic E-state index is 13.3. The Morgan fingerprint density at radius 1 is 1.13 bits per heavy atom. The van der Waals surface area contributed by atoms with Gasteiger partial charge in [0.15, 0.2) is 0 Å². The van der Waals surface area contributed by atoms with Crippen molar-refractivity contribution in [2.75, 3.05) is 31.1 Å². The lowest BCUT2D eigenvalue weighted by Crippen LogP contribution is -2.31. The number of nitrogens with zero attached hydrogens (tertiary/aromatic N) is 4. The maximum absolute atomic E-state index is 13.3. The number of benzene rings is 1. The first-order chi connectivity index (χ1) is 11.3. The van der Waals surface area contributed by atoms with Gasteiger partial charge in [0, 0.05) is 38.9 Å². The molecule has 0 saturated carbocycles. The van der Waals surface area contributed by atoms with E-state index in [-0.39, 0.29) is 5.82 Å². The van der Waals surface area contributed by atoms with Crippen molar-refractivity contribution in [3.63, 3.8) is 0 Å². The van der Waals surface area contributed by atoms with Crippen molar-refractivity contribution in [3.05, 3.63) is 59.5 Å². The Morgan fingerprint density at radius 2 is 2.04 bits per heavy atom. The lowest BCUT2D eigenvalue weighted by Gasteiger charge is -2.23. The topological polar surface area (TPSA) is 43.2 Å². The standard InChI is InChI=1S/C18H19FN4/c19-17-6-1-4-15(12-17)14-22-8-3-9-23(11-10-22)18-16(13-20)5-2-7-21-18/h1-2,4-7,12H,3,8-11,14H2. The summed E-state index contributed by atoms with van der Waals surface area (Å²) in [4.78, 5) is 8.86. The second kappa shape index (κ2) is 7.21. The van der Waals surface area contributed by atoms with E-state index < -0.39 is 0 Å². The Bertz CT molecular complexity index is 710. The maximum Gasteiger partial charge on any atom is 0.146 e. The van der Waals surface area contributed by atoms with Crippen LogP contribution in [0.2, 0.25) is 0 Å². The van der Waals surface area contributed by atoms with E-state index in [2.05, 4.69) is 20.9 Å². The molecule has 0 radical (unpaired) electrons. The summed E-state index contributed by atoms with van der Waals surface area (Å²) in [7, 11) is 0. The van der Waals surface area contributed by atoms with Crippen molar-refractivity contribution in [1.29, 1.82) is 5.26 Å². The molecule has 1 aromatic heterocycles. The minimum absolute atomic E-state index is 0.189. The van der Waals surface area contributed by atoms with Crippen molar-refractivity contribution < 1.29 is 4.39 Å². The molecule has 0 unspecified atom stereocenters. The predicted octanol–water partition coefficient (Wildman–Crippen LogP) is 2.80. The molecule has 23 heavy (non-hydrogen) atoms. The Labute approximate surface area is 135 Å². The number of anilines is 1. The monoisotopic (exact) mass is 310 g/mol. The van der Waals surface area contributed by atoms with Crippen LogP contribution in [0.25, 0.3) is 0 Å². The zero-order valence-corrected chi connectivity index (χ0v) is 13.0. The van der Waals surface area contributed by atoms with E-state index in [9.17, 15) is 9.65 Å². The predicted molar refractivity (Wildman–Crippen MR) is 87.5 cm³/mol. The van der Waals surface area contributed by atoms with Crippen molar-refractivity contribution in [2.45, 2.75) is 13.0 Å². The van der Waals surface area contributed by atoms with Crippen LogP contribution in [0.15, 0.2) is 42.6 Å². The quantitative estimate of drug-likeness (QED) is 0.874. The van der Waals surface area contributed by atoms with E-state index in [1.807, 2.05) is 6.07 Å². The van der Waals surface area contributed by atoms with Gasteiger partial charge in [0.05, 0.1) is 5.56 Å². The fraction of sp³-hybridized carbons (Fsp3) is 0.333. The molecule has 0 amide bonds. The molecule has 1 fully saturated rings. The molecule has 0 bridgehead atoms. The van der Waals surface area contributed by atoms with Gasteiger partial charge in [0.25, 0.3) is 0 Å². The Kier molecular flexibility index (Phi) is 4.84. The molecule has 2 heterocycles. The van der Waals surface area contributed by atoms with Gasteiger partial charge in [-0.15, -0.1) is 0 Å². The third-order valence-electron chi connectivity index (χ3n) is 4.09. The molecular formula is C18H19FN4. The molecule has 118 valence electrons. The van der Waals surface area contributed by atoms with Crippen molar-refractivity contribution >= 4 is 5.82 Å². The lowest BCUT2D eigenvalue weighted by atomic mass is 10.2. The number of rotatable bonds is 3. The number of hydrogen-bond acceptors (Lipinski definition) is 4. The number of aromatic nitrogens is 1. The van der Waals surface area contributed by atoms with E-state index in [4.69, 9.17) is 0 Å². The van der Waals surface area contributed by atoms with E-state index >= 15 is 0 Å². The first kappa shape index (κ1) is 15.4. The molecule has 0 N–H and O–H groups in total. The summed E-state index contributed by atoms with van der Waals surface area (Å²) in [6, 6.07) is 12.6. The highest BCUT2D eigenvalue weighted by atomic mass is 19.1. The van der Waals surface area contributed by atoms with Crippen LogP contribution in [0.5, 0.6) is 0 Å². The number of nitriles is 1. The van der Waals surface area contributed by atoms with Crippen molar-refractivity contribution in [2.24, 2.45) is 0 Å². The summed E-state index contributed by atoms with van der Waals surface area (Å²) in [5.74, 6) is 0.578. The van der Waals surface area contributed by atoms with Crippen LogP contribution in [0.4, 0.5) is 10.2 Å². The van der Waals surface area contributed by atoms with Crippen LogP contribution in [0, 0.1) is 17.1 Å². The normalized spacial score (nSPS) is 15.9. The number of pyridine rings is 1. The van der Waals surface area contributed by atoms with E-state index in [0.717, 1.165) is 50.5 Å². The molecule has 1 aromatic carbocycles. The van der Waals surface area contributed by atoms with Gasteiger partial charge < -0.3 is 4.90 Å². The highest BCUT2D eigenvalue weighted by molar-refractivity contribution is 5.53. The van der Waals surface area contributed by atoms with Gasteiger partial charge in [-0.2, -0.15) is 5.26 Å². The lowest BCUT2D eigenvalue weighted by molar-refractivity contribution is 0.285. The fourth-order valence-corrected chi connectivity index (χ4v) is 2.97. The van der Waals surface area contributed by atoms with E-state index in [1.54, 1.807) is 30.5 Å². The smallest absolute Gasteiger partial charge is 0.146 e. The highest BCUT2D eigenvalue weighted by Gasteiger charge is 2.18. The van der Waals surface area contributed by atoms with Gasteiger partial charge in [-0.1, -0.05) is 12.1 Å². The second-order valence-corrected chi connectivity index (χ2v) is 5.73. The third kappa shape index (κ3) is 3.85. The van der Waals surface area contributed by atoms with E-state index in [0.29, 0.717) is 5.56 Å². The molecule has 1 saturated heterocycles. The van der Waals surface area contributed by atoms with Gasteiger partial charge in [-0.05, 0) is 36.2 Å². The Balaban J connectivity index is 1.67. The molecule has 0 aliphatic carbocycles. The molecule has 2 aromatic rings. The molecule has 5 heteroatoms. The fourth-order valence-electron chi connectivity index (χ4n) is 2.97. The summed E-state index contributed by atoms with van der Waals surface area (Å²) in [6.45, 7) is 4.28. The first-order valence-electron chi connectivity index (χ1n) is 7.83. The molecule has 1 aliphatic rings. The average molecular weight is 310 g/mol. The summed E-state index contributed by atoms with van der Waals surface area (Å²) in [6.07, 6.45) is 2.72. The van der Waals surface area contributed by atoms with Crippen LogP contribution < -0.4 is 4.90 Å². The minimum atomic E-state index is -0.189. The first-order valence-corrected chi connectivity index (χ1v) is 7.83. The summed E-state index contributed by atoms with van der Waals surface area (Å²) in [5.41, 5.74) is 1.61. The van der Waals surface area contributed by atoms with Gasteiger partial charge in [0.1, 0.15) is 17.7 Å². The number of hydrogen-bond donors (Lipinski definition) is 0. The SMILES string of the molecule is N#Cc1cccnc1N1CCCN(Cc2cccc(F)c2)CC1. The molecular weight excluding hydrogens is 291 g/mol. The minimum Gasteiger partial charge on any atom is -0.354 e. The summed E-state index contributed by atoms with van der Waals surface area (Å²) < 4.78 is 13.3.